The number of rotatable bonds is 7. The van der Waals surface area contributed by atoms with E-state index in [1.807, 2.05) is 29.5 Å². The van der Waals surface area contributed by atoms with E-state index in [0.29, 0.717) is 0 Å². The van der Waals surface area contributed by atoms with E-state index < -0.39 is 0 Å². The van der Waals surface area contributed by atoms with Crippen molar-refractivity contribution in [3.63, 3.8) is 0 Å². The third-order valence-corrected chi connectivity index (χ3v) is 12.5. The van der Waals surface area contributed by atoms with Gasteiger partial charge in [-0.2, -0.15) is 0 Å². The highest BCUT2D eigenvalue weighted by atomic mass is 32.1. The van der Waals surface area contributed by atoms with E-state index in [4.69, 9.17) is 5.73 Å². The summed E-state index contributed by atoms with van der Waals surface area (Å²) < 4.78 is 7.59. The topological polar surface area (TPSA) is 35.9 Å². The molecule has 0 saturated carbocycles. The summed E-state index contributed by atoms with van der Waals surface area (Å²) in [5.41, 5.74) is 19.1. The zero-order chi connectivity index (χ0) is 37.9. The monoisotopic (exact) mass is 747 g/mol. The van der Waals surface area contributed by atoms with Gasteiger partial charge in [0.2, 0.25) is 0 Å². The lowest BCUT2D eigenvalue weighted by atomic mass is 9.99. The van der Waals surface area contributed by atoms with Crippen LogP contribution < -0.4 is 5.73 Å². The molecule has 0 aliphatic heterocycles. The Kier molecular flexibility index (Phi) is 7.90. The van der Waals surface area contributed by atoms with Crippen LogP contribution in [0.2, 0.25) is 0 Å². The molecular formula is C53H37N3S. The summed E-state index contributed by atoms with van der Waals surface area (Å²) in [6, 6.07) is 67.5. The highest BCUT2D eigenvalue weighted by molar-refractivity contribution is 7.27. The second-order valence-corrected chi connectivity index (χ2v) is 15.7. The SMILES string of the molecule is N/C(=C\C(=C/Cc1ccccc1)c1ccc(-n2c3ccccc3c3c2c2sc4ccccc4c2c2c4ccccc4n(-c4ccccc4)c23)cc1)c1ccccc1. The van der Waals surface area contributed by atoms with Gasteiger partial charge in [0.25, 0.3) is 0 Å². The Morgan fingerprint density at radius 1 is 0.474 bits per heavy atom. The van der Waals surface area contributed by atoms with E-state index in [2.05, 4.69) is 191 Å². The molecule has 11 rings (SSSR count). The predicted molar refractivity (Wildman–Crippen MR) is 245 cm³/mol. The fourth-order valence-electron chi connectivity index (χ4n) is 8.78. The first kappa shape index (κ1) is 33.2. The van der Waals surface area contributed by atoms with E-state index in [1.54, 1.807) is 0 Å². The maximum absolute atomic E-state index is 6.76. The maximum Gasteiger partial charge on any atom is 0.0741 e. The predicted octanol–water partition coefficient (Wildman–Crippen LogP) is 13.9. The van der Waals surface area contributed by atoms with Crippen LogP contribution in [0.1, 0.15) is 16.7 Å². The largest absolute Gasteiger partial charge is 0.398 e. The minimum absolute atomic E-state index is 0.742. The molecule has 0 atom stereocenters. The Morgan fingerprint density at radius 2 is 1.02 bits per heavy atom. The van der Waals surface area contributed by atoms with Crippen LogP contribution in [0.25, 0.3) is 86.4 Å². The molecule has 0 spiro atoms. The van der Waals surface area contributed by atoms with Gasteiger partial charge in [-0.25, -0.2) is 0 Å². The van der Waals surface area contributed by atoms with Crippen molar-refractivity contribution >= 4 is 86.4 Å². The van der Waals surface area contributed by atoms with E-state index in [-0.39, 0.29) is 0 Å². The van der Waals surface area contributed by atoms with Gasteiger partial charge in [-0.05, 0) is 77.2 Å². The first-order chi connectivity index (χ1) is 28.2. The number of hydrogen-bond donors (Lipinski definition) is 1. The molecule has 8 aromatic carbocycles. The Bertz CT molecular complexity index is 3350. The lowest BCUT2D eigenvalue weighted by molar-refractivity contribution is 1.18. The zero-order valence-electron chi connectivity index (χ0n) is 31.1. The molecule has 57 heavy (non-hydrogen) atoms. The Morgan fingerprint density at radius 3 is 1.72 bits per heavy atom. The third kappa shape index (κ3) is 5.41. The van der Waals surface area contributed by atoms with Gasteiger partial charge >= 0.3 is 0 Å². The third-order valence-electron chi connectivity index (χ3n) is 11.3. The van der Waals surface area contributed by atoms with Crippen molar-refractivity contribution in [1.82, 2.24) is 9.13 Å². The van der Waals surface area contributed by atoms with Crippen molar-refractivity contribution in [2.45, 2.75) is 6.42 Å². The van der Waals surface area contributed by atoms with Gasteiger partial charge in [0, 0.05) is 54.1 Å². The van der Waals surface area contributed by atoms with Gasteiger partial charge in [-0.1, -0.05) is 152 Å². The highest BCUT2D eigenvalue weighted by Crippen LogP contribution is 2.51. The molecule has 4 heteroatoms. The second kappa shape index (κ2) is 13.6. The van der Waals surface area contributed by atoms with Crippen LogP contribution in [-0.2, 0) is 6.42 Å². The first-order valence-electron chi connectivity index (χ1n) is 19.5. The lowest BCUT2D eigenvalue weighted by Gasteiger charge is -2.13. The van der Waals surface area contributed by atoms with Crippen molar-refractivity contribution < 1.29 is 0 Å². The molecule has 0 bridgehead atoms. The molecule has 3 nitrogen and oxygen atoms in total. The average Bonchev–Trinajstić information content (AvgIpc) is 3.94. The van der Waals surface area contributed by atoms with E-state index >= 15 is 0 Å². The van der Waals surface area contributed by atoms with Gasteiger partial charge in [0.15, 0.2) is 0 Å². The van der Waals surface area contributed by atoms with Gasteiger partial charge < -0.3 is 14.9 Å². The number of fused-ring (bicyclic) bond motifs is 12. The Balaban J connectivity index is 1.20. The number of aromatic nitrogens is 2. The summed E-state index contributed by atoms with van der Waals surface area (Å²) >= 11 is 1.90. The van der Waals surface area contributed by atoms with Crippen molar-refractivity contribution in [3.8, 4) is 11.4 Å². The molecule has 3 heterocycles. The number of hydrogen-bond acceptors (Lipinski definition) is 2. The number of benzene rings is 8. The van der Waals surface area contributed by atoms with Crippen LogP contribution in [0.15, 0.2) is 200 Å². The van der Waals surface area contributed by atoms with Crippen molar-refractivity contribution in [2.75, 3.05) is 0 Å². The normalized spacial score (nSPS) is 12.6. The minimum Gasteiger partial charge on any atom is -0.398 e. The molecule has 0 aliphatic carbocycles. The molecule has 0 amide bonds. The summed E-state index contributed by atoms with van der Waals surface area (Å²) in [6.07, 6.45) is 5.22. The smallest absolute Gasteiger partial charge is 0.0741 e. The number of nitrogens with two attached hydrogens (primary N) is 1. The zero-order valence-corrected chi connectivity index (χ0v) is 32.0. The number of thiophene rings is 1. The summed E-state index contributed by atoms with van der Waals surface area (Å²) in [6.45, 7) is 0. The van der Waals surface area contributed by atoms with Crippen LogP contribution in [0.5, 0.6) is 0 Å². The average molecular weight is 748 g/mol. The number of allylic oxidation sites excluding steroid dienone is 3. The van der Waals surface area contributed by atoms with Crippen molar-refractivity contribution in [1.29, 1.82) is 0 Å². The van der Waals surface area contributed by atoms with Crippen LogP contribution in [0, 0.1) is 0 Å². The Hall–Kier alpha value is -7.14. The van der Waals surface area contributed by atoms with Gasteiger partial charge in [0.05, 0.1) is 26.8 Å². The van der Waals surface area contributed by atoms with Gasteiger partial charge in [-0.15, -0.1) is 11.3 Å². The van der Waals surface area contributed by atoms with Crippen LogP contribution in [0.3, 0.4) is 0 Å². The molecule has 11 aromatic rings. The van der Waals surface area contributed by atoms with Crippen LogP contribution >= 0.6 is 11.3 Å². The van der Waals surface area contributed by atoms with Crippen LogP contribution in [0.4, 0.5) is 0 Å². The molecule has 0 fully saturated rings. The maximum atomic E-state index is 6.76. The first-order valence-corrected chi connectivity index (χ1v) is 20.3. The minimum atomic E-state index is 0.742. The number of nitrogens with zero attached hydrogens (tertiary/aromatic N) is 2. The lowest BCUT2D eigenvalue weighted by Crippen LogP contribution is -1.98. The molecular weight excluding hydrogens is 711 g/mol. The molecule has 0 radical (unpaired) electrons. The molecule has 3 aromatic heterocycles. The fourth-order valence-corrected chi connectivity index (χ4v) is 10.0. The van der Waals surface area contributed by atoms with E-state index in [0.717, 1.165) is 40.2 Å². The molecule has 0 saturated heterocycles. The molecule has 0 aliphatic rings. The second-order valence-electron chi connectivity index (χ2n) is 14.7. The van der Waals surface area contributed by atoms with E-state index in [9.17, 15) is 0 Å². The Labute approximate surface area is 334 Å². The number of para-hydroxylation sites is 3. The highest BCUT2D eigenvalue weighted by Gasteiger charge is 2.26. The quantitative estimate of drug-likeness (QED) is 0.162. The standard InChI is InChI=1S/C53H37N3S/c54-44(37-18-6-2-7-19-37)34-38(29-28-35-16-4-1-5-17-35)36-30-32-40(33-31-36)56-46-26-14-11-23-42(46)50-51-48(49-43-24-12-15-27-47(43)57-53(49)52(50)56)41-22-10-13-25-45(41)55(51)39-20-8-3-9-21-39/h1-27,29-34H,28,54H2/b38-29+,44-34-. The fraction of sp³-hybridized carbons (Fsp3) is 0.0189. The van der Waals surface area contributed by atoms with Gasteiger partial charge in [-0.3, -0.25) is 0 Å². The van der Waals surface area contributed by atoms with Gasteiger partial charge in [0.1, 0.15) is 0 Å². The summed E-state index contributed by atoms with van der Waals surface area (Å²) in [7, 11) is 0. The molecule has 2 N–H and O–H groups in total. The molecule has 0 unspecified atom stereocenters. The van der Waals surface area contributed by atoms with E-state index in [1.165, 1.54) is 69.3 Å². The summed E-state index contributed by atoms with van der Waals surface area (Å²) in [4.78, 5) is 0. The summed E-state index contributed by atoms with van der Waals surface area (Å²) in [5, 5.41) is 7.70. The van der Waals surface area contributed by atoms with Crippen LogP contribution in [-0.4, -0.2) is 9.13 Å². The van der Waals surface area contributed by atoms with Crippen molar-refractivity contribution in [2.24, 2.45) is 5.73 Å². The van der Waals surface area contributed by atoms with Crippen molar-refractivity contribution in [3.05, 3.63) is 217 Å². The summed E-state index contributed by atoms with van der Waals surface area (Å²) in [5.74, 6) is 0. The molecule has 270 valence electrons.